The summed E-state index contributed by atoms with van der Waals surface area (Å²) >= 11 is 0. The molecule has 0 radical (unpaired) electrons. The SMILES string of the molecule is COC(C)(C)[C@@H]1CCC(C)C1. The molecular formula is C10H20O. The monoisotopic (exact) mass is 156 g/mol. The minimum absolute atomic E-state index is 0.102. The molecule has 0 amide bonds. The minimum Gasteiger partial charge on any atom is -0.379 e. The van der Waals surface area contributed by atoms with Gasteiger partial charge in [-0.1, -0.05) is 13.3 Å². The Labute approximate surface area is 70.1 Å². The van der Waals surface area contributed by atoms with Gasteiger partial charge in [0.15, 0.2) is 0 Å². The molecule has 1 aliphatic carbocycles. The van der Waals surface area contributed by atoms with Crippen molar-refractivity contribution in [3.8, 4) is 0 Å². The van der Waals surface area contributed by atoms with E-state index in [2.05, 4.69) is 20.8 Å². The molecule has 66 valence electrons. The van der Waals surface area contributed by atoms with Gasteiger partial charge in [0.05, 0.1) is 5.60 Å². The van der Waals surface area contributed by atoms with E-state index >= 15 is 0 Å². The van der Waals surface area contributed by atoms with Crippen LogP contribution in [-0.2, 0) is 4.74 Å². The fourth-order valence-electron chi connectivity index (χ4n) is 2.01. The van der Waals surface area contributed by atoms with Gasteiger partial charge in [0, 0.05) is 7.11 Å². The van der Waals surface area contributed by atoms with Crippen LogP contribution in [0.1, 0.15) is 40.0 Å². The third kappa shape index (κ3) is 1.96. The van der Waals surface area contributed by atoms with E-state index in [4.69, 9.17) is 4.74 Å². The number of methoxy groups -OCH3 is 1. The third-order valence-electron chi connectivity index (χ3n) is 3.20. The minimum atomic E-state index is 0.102. The van der Waals surface area contributed by atoms with Crippen molar-refractivity contribution in [1.29, 1.82) is 0 Å². The Morgan fingerprint density at radius 1 is 1.27 bits per heavy atom. The molecule has 0 aromatic rings. The molecule has 2 atom stereocenters. The van der Waals surface area contributed by atoms with Crippen LogP contribution in [0.5, 0.6) is 0 Å². The highest BCUT2D eigenvalue weighted by atomic mass is 16.5. The van der Waals surface area contributed by atoms with E-state index in [0.29, 0.717) is 0 Å². The Kier molecular flexibility index (Phi) is 2.58. The maximum Gasteiger partial charge on any atom is 0.0650 e. The van der Waals surface area contributed by atoms with Crippen LogP contribution in [0, 0.1) is 11.8 Å². The van der Waals surface area contributed by atoms with Crippen LogP contribution in [0.25, 0.3) is 0 Å². The van der Waals surface area contributed by atoms with Crippen molar-refractivity contribution in [2.75, 3.05) is 7.11 Å². The molecule has 0 spiro atoms. The molecule has 1 fully saturated rings. The molecule has 0 aliphatic heterocycles. The summed E-state index contributed by atoms with van der Waals surface area (Å²) in [4.78, 5) is 0. The van der Waals surface area contributed by atoms with Gasteiger partial charge in [-0.15, -0.1) is 0 Å². The average molecular weight is 156 g/mol. The summed E-state index contributed by atoms with van der Waals surface area (Å²) in [6.45, 7) is 6.75. The number of ether oxygens (including phenoxy) is 1. The van der Waals surface area contributed by atoms with Crippen LogP contribution in [0.15, 0.2) is 0 Å². The van der Waals surface area contributed by atoms with E-state index in [9.17, 15) is 0 Å². The van der Waals surface area contributed by atoms with Crippen LogP contribution in [0.3, 0.4) is 0 Å². The molecule has 1 saturated carbocycles. The molecule has 1 rings (SSSR count). The maximum absolute atomic E-state index is 5.47. The molecular weight excluding hydrogens is 136 g/mol. The maximum atomic E-state index is 5.47. The van der Waals surface area contributed by atoms with Crippen molar-refractivity contribution >= 4 is 0 Å². The van der Waals surface area contributed by atoms with E-state index in [1.54, 1.807) is 0 Å². The number of rotatable bonds is 2. The first-order valence-electron chi connectivity index (χ1n) is 4.61. The first-order chi connectivity index (χ1) is 5.06. The van der Waals surface area contributed by atoms with Crippen LogP contribution in [-0.4, -0.2) is 12.7 Å². The van der Waals surface area contributed by atoms with Crippen molar-refractivity contribution in [2.45, 2.75) is 45.6 Å². The summed E-state index contributed by atoms with van der Waals surface area (Å²) in [6, 6.07) is 0. The Morgan fingerprint density at radius 3 is 2.27 bits per heavy atom. The Bertz CT molecular complexity index is 129. The predicted molar refractivity (Wildman–Crippen MR) is 47.6 cm³/mol. The zero-order valence-electron chi connectivity index (χ0n) is 8.18. The standard InChI is InChI=1S/C10H20O/c1-8-5-6-9(7-8)10(2,3)11-4/h8-9H,5-7H2,1-4H3/t8?,9-/m1/s1. The average Bonchev–Trinajstić information content (AvgIpc) is 2.36. The van der Waals surface area contributed by atoms with Gasteiger partial charge in [-0.2, -0.15) is 0 Å². The molecule has 0 heterocycles. The van der Waals surface area contributed by atoms with Crippen molar-refractivity contribution < 1.29 is 4.74 Å². The lowest BCUT2D eigenvalue weighted by atomic mass is 9.89. The second kappa shape index (κ2) is 3.14. The van der Waals surface area contributed by atoms with E-state index in [-0.39, 0.29) is 5.60 Å². The fraction of sp³-hybridized carbons (Fsp3) is 1.00. The van der Waals surface area contributed by atoms with Gasteiger partial charge in [-0.05, 0) is 38.5 Å². The van der Waals surface area contributed by atoms with Crippen molar-refractivity contribution in [3.63, 3.8) is 0 Å². The molecule has 0 aromatic heterocycles. The summed E-state index contributed by atoms with van der Waals surface area (Å²) in [6.07, 6.45) is 4.08. The molecule has 1 heteroatoms. The highest BCUT2D eigenvalue weighted by molar-refractivity contribution is 4.85. The molecule has 1 unspecified atom stereocenters. The molecule has 0 N–H and O–H groups in total. The Balaban J connectivity index is 2.48. The quantitative estimate of drug-likeness (QED) is 0.597. The summed E-state index contributed by atoms with van der Waals surface area (Å²) in [5, 5.41) is 0. The lowest BCUT2D eigenvalue weighted by Crippen LogP contribution is -2.31. The highest BCUT2D eigenvalue weighted by Crippen LogP contribution is 2.38. The lowest BCUT2D eigenvalue weighted by Gasteiger charge is -2.30. The van der Waals surface area contributed by atoms with E-state index in [0.717, 1.165) is 11.8 Å². The van der Waals surface area contributed by atoms with Gasteiger partial charge < -0.3 is 4.74 Å². The third-order valence-corrected chi connectivity index (χ3v) is 3.20. The zero-order chi connectivity index (χ0) is 8.48. The van der Waals surface area contributed by atoms with Crippen molar-refractivity contribution in [1.82, 2.24) is 0 Å². The van der Waals surface area contributed by atoms with Crippen LogP contribution < -0.4 is 0 Å². The van der Waals surface area contributed by atoms with Gasteiger partial charge in [0.25, 0.3) is 0 Å². The van der Waals surface area contributed by atoms with E-state index in [1.165, 1.54) is 19.3 Å². The second-order valence-corrected chi connectivity index (χ2v) is 4.42. The van der Waals surface area contributed by atoms with Crippen molar-refractivity contribution in [2.24, 2.45) is 11.8 Å². The van der Waals surface area contributed by atoms with E-state index in [1.807, 2.05) is 7.11 Å². The van der Waals surface area contributed by atoms with Gasteiger partial charge in [0.2, 0.25) is 0 Å². The smallest absolute Gasteiger partial charge is 0.0650 e. The molecule has 1 aliphatic rings. The Morgan fingerprint density at radius 2 is 1.91 bits per heavy atom. The molecule has 0 saturated heterocycles. The largest absolute Gasteiger partial charge is 0.379 e. The normalized spacial score (nSPS) is 32.7. The summed E-state index contributed by atoms with van der Waals surface area (Å²) < 4.78 is 5.47. The van der Waals surface area contributed by atoms with Gasteiger partial charge >= 0.3 is 0 Å². The number of hydrogen-bond acceptors (Lipinski definition) is 1. The summed E-state index contributed by atoms with van der Waals surface area (Å²) in [5.41, 5.74) is 0.102. The topological polar surface area (TPSA) is 9.23 Å². The molecule has 1 nitrogen and oxygen atoms in total. The zero-order valence-corrected chi connectivity index (χ0v) is 8.18. The van der Waals surface area contributed by atoms with Gasteiger partial charge in [0.1, 0.15) is 0 Å². The molecule has 0 aromatic carbocycles. The summed E-state index contributed by atoms with van der Waals surface area (Å²) in [7, 11) is 1.82. The van der Waals surface area contributed by atoms with Crippen LogP contribution in [0.2, 0.25) is 0 Å². The Hall–Kier alpha value is -0.0400. The second-order valence-electron chi connectivity index (χ2n) is 4.42. The molecule has 11 heavy (non-hydrogen) atoms. The summed E-state index contributed by atoms with van der Waals surface area (Å²) in [5.74, 6) is 1.69. The van der Waals surface area contributed by atoms with E-state index < -0.39 is 0 Å². The lowest BCUT2D eigenvalue weighted by molar-refractivity contribution is -0.0266. The van der Waals surface area contributed by atoms with Crippen LogP contribution in [0.4, 0.5) is 0 Å². The molecule has 0 bridgehead atoms. The fourth-order valence-corrected chi connectivity index (χ4v) is 2.01. The number of hydrogen-bond donors (Lipinski definition) is 0. The predicted octanol–water partition coefficient (Wildman–Crippen LogP) is 2.85. The van der Waals surface area contributed by atoms with Gasteiger partial charge in [-0.3, -0.25) is 0 Å². The first kappa shape index (κ1) is 9.05. The first-order valence-corrected chi connectivity index (χ1v) is 4.61. The van der Waals surface area contributed by atoms with Crippen molar-refractivity contribution in [3.05, 3.63) is 0 Å². The van der Waals surface area contributed by atoms with Gasteiger partial charge in [-0.25, -0.2) is 0 Å². The highest BCUT2D eigenvalue weighted by Gasteiger charge is 2.34. The van der Waals surface area contributed by atoms with Crippen LogP contribution >= 0.6 is 0 Å².